The summed E-state index contributed by atoms with van der Waals surface area (Å²) in [6.45, 7) is 28.2. The normalized spacial score (nSPS) is 14.0. The van der Waals surface area contributed by atoms with E-state index < -0.39 is 0 Å². The Labute approximate surface area is 365 Å². The Bertz CT molecular complexity index is 2300. The fourth-order valence-electron chi connectivity index (χ4n) is 8.34. The topological polar surface area (TPSA) is 88.0 Å². The van der Waals surface area contributed by atoms with Crippen LogP contribution in [0.25, 0.3) is 0 Å². The molecule has 6 rings (SSSR count). The Morgan fingerprint density at radius 2 is 0.852 bits per heavy atom. The molecule has 1 aliphatic rings. The Hall–Kier alpha value is -5.23. The van der Waals surface area contributed by atoms with Crippen LogP contribution in [0.15, 0.2) is 78.9 Å². The standard InChI is InChI=1S/C55H69NO5/c1-33(34-18-16-15-17-19-34)56-47(57)32-61-51-41-22-37-26-43(52(2,3)4)24-35(48(37)58)20-39-28-45(54(8,9)10)29-40(50(39)60-14)21-36-25-44(53(5,6)7)27-38(49(36)59)23-42(51)31-46(30-41)55(11,12)13/h15-19,24-31,33,58-59H,20-23,32H2,1-14H3,(H,56,57)/t33-/m0/s1. The highest BCUT2D eigenvalue weighted by Gasteiger charge is 2.28. The first-order chi connectivity index (χ1) is 28.3. The first-order valence-corrected chi connectivity index (χ1v) is 21.9. The molecule has 0 fully saturated rings. The third-order valence-electron chi connectivity index (χ3n) is 12.2. The number of rotatable bonds is 6. The van der Waals surface area contributed by atoms with Gasteiger partial charge in [0.2, 0.25) is 0 Å². The first kappa shape index (κ1) is 45.3. The summed E-state index contributed by atoms with van der Waals surface area (Å²) in [5.41, 5.74) is 11.5. The van der Waals surface area contributed by atoms with Crippen LogP contribution in [0.4, 0.5) is 0 Å². The number of amides is 1. The molecule has 0 aromatic heterocycles. The number of phenols is 2. The van der Waals surface area contributed by atoms with Crippen molar-refractivity contribution in [2.75, 3.05) is 13.7 Å². The van der Waals surface area contributed by atoms with E-state index in [-0.39, 0.29) is 51.7 Å². The van der Waals surface area contributed by atoms with Gasteiger partial charge in [-0.2, -0.15) is 0 Å². The van der Waals surface area contributed by atoms with Crippen molar-refractivity contribution in [2.24, 2.45) is 0 Å². The molecule has 6 heteroatoms. The van der Waals surface area contributed by atoms with Crippen LogP contribution in [0, 0.1) is 0 Å². The van der Waals surface area contributed by atoms with E-state index >= 15 is 0 Å². The van der Waals surface area contributed by atoms with Crippen LogP contribution in [0.2, 0.25) is 0 Å². The van der Waals surface area contributed by atoms with Crippen molar-refractivity contribution in [2.45, 2.75) is 143 Å². The summed E-state index contributed by atoms with van der Waals surface area (Å²) in [5, 5.41) is 28.0. The Balaban J connectivity index is 1.64. The molecule has 0 radical (unpaired) electrons. The van der Waals surface area contributed by atoms with Crippen molar-refractivity contribution in [1.82, 2.24) is 5.32 Å². The van der Waals surface area contributed by atoms with E-state index in [1.807, 2.05) is 37.3 Å². The van der Waals surface area contributed by atoms with Crippen LogP contribution in [0.3, 0.4) is 0 Å². The zero-order chi connectivity index (χ0) is 44.8. The SMILES string of the molecule is COc1c2cc(C(C)(C)C)cc1Cc1cc(C(C)(C)C)cc(c1O)Cc1cc(C(C)(C)C)cc(c1OCC(=O)N[C@@H](C)c1ccccc1)Cc1cc(C(C)(C)C)cc(c1O)C2. The van der Waals surface area contributed by atoms with Crippen molar-refractivity contribution in [3.05, 3.63) is 151 Å². The maximum absolute atomic E-state index is 13.7. The molecular formula is C55H69NO5. The number of methoxy groups -OCH3 is 1. The monoisotopic (exact) mass is 824 g/mol. The number of nitrogens with one attached hydrogen (secondary N) is 1. The van der Waals surface area contributed by atoms with Crippen molar-refractivity contribution in [3.8, 4) is 23.0 Å². The zero-order valence-corrected chi connectivity index (χ0v) is 39.2. The molecule has 1 atom stereocenters. The number of aromatic hydroxyl groups is 2. The second kappa shape index (κ2) is 16.9. The van der Waals surface area contributed by atoms with Gasteiger partial charge in [0.05, 0.1) is 13.2 Å². The van der Waals surface area contributed by atoms with Crippen LogP contribution in [-0.2, 0) is 52.1 Å². The maximum Gasteiger partial charge on any atom is 0.258 e. The van der Waals surface area contributed by atoms with Crippen molar-refractivity contribution in [1.29, 1.82) is 0 Å². The summed E-state index contributed by atoms with van der Waals surface area (Å²) in [4.78, 5) is 13.7. The quantitative estimate of drug-likeness (QED) is 0.156. The predicted molar refractivity (Wildman–Crippen MR) is 250 cm³/mol. The van der Waals surface area contributed by atoms with Gasteiger partial charge in [0.15, 0.2) is 6.61 Å². The summed E-state index contributed by atoms with van der Waals surface area (Å²) in [6, 6.07) is 27.0. The Morgan fingerprint density at radius 3 is 1.16 bits per heavy atom. The van der Waals surface area contributed by atoms with Crippen LogP contribution >= 0.6 is 0 Å². The number of fused-ring (bicyclic) bond motifs is 8. The predicted octanol–water partition coefficient (Wildman–Crippen LogP) is 12.2. The van der Waals surface area contributed by atoms with Crippen molar-refractivity contribution < 1.29 is 24.5 Å². The van der Waals surface area contributed by atoms with Crippen LogP contribution in [0.1, 0.15) is 168 Å². The van der Waals surface area contributed by atoms with E-state index in [4.69, 9.17) is 9.47 Å². The first-order valence-electron chi connectivity index (χ1n) is 21.9. The highest BCUT2D eigenvalue weighted by atomic mass is 16.5. The number of carbonyl (C=O) groups is 1. The van der Waals surface area contributed by atoms with Gasteiger partial charge >= 0.3 is 0 Å². The molecule has 0 unspecified atom stereocenters. The molecule has 324 valence electrons. The molecule has 5 aromatic carbocycles. The van der Waals surface area contributed by atoms with Gasteiger partial charge < -0.3 is 25.0 Å². The lowest BCUT2D eigenvalue weighted by molar-refractivity contribution is -0.123. The van der Waals surface area contributed by atoms with Gasteiger partial charge in [-0.1, -0.05) is 162 Å². The van der Waals surface area contributed by atoms with E-state index in [2.05, 4.69) is 137 Å². The molecule has 8 bridgehead atoms. The highest BCUT2D eigenvalue weighted by Crippen LogP contribution is 2.43. The molecule has 0 aliphatic heterocycles. The Morgan fingerprint density at radius 1 is 0.541 bits per heavy atom. The lowest BCUT2D eigenvalue weighted by Gasteiger charge is -2.28. The van der Waals surface area contributed by atoms with Crippen LogP contribution < -0.4 is 14.8 Å². The number of hydrogen-bond donors (Lipinski definition) is 3. The molecular weight excluding hydrogens is 755 g/mol. The van der Waals surface area contributed by atoms with Gasteiger partial charge in [0, 0.05) is 25.7 Å². The third-order valence-corrected chi connectivity index (χ3v) is 12.2. The highest BCUT2D eigenvalue weighted by molar-refractivity contribution is 5.78. The molecule has 0 heterocycles. The lowest BCUT2D eigenvalue weighted by Crippen LogP contribution is -2.31. The molecule has 0 spiro atoms. The van der Waals surface area contributed by atoms with Gasteiger partial charge in [-0.25, -0.2) is 0 Å². The fraction of sp³-hybridized carbons (Fsp3) is 0.436. The van der Waals surface area contributed by atoms with E-state index in [1.165, 1.54) is 0 Å². The number of benzene rings is 5. The summed E-state index contributed by atoms with van der Waals surface area (Å²) in [7, 11) is 1.72. The molecule has 5 aromatic rings. The van der Waals surface area contributed by atoms with Gasteiger partial charge in [-0.05, 0) is 101 Å². The second-order valence-corrected chi connectivity index (χ2v) is 21.4. The summed E-state index contributed by atoms with van der Waals surface area (Å²) < 4.78 is 13.0. The Kier molecular flexibility index (Phi) is 12.6. The average molecular weight is 824 g/mol. The van der Waals surface area contributed by atoms with E-state index in [0.717, 1.165) is 78.1 Å². The summed E-state index contributed by atoms with van der Waals surface area (Å²) in [6.07, 6.45) is 1.61. The molecule has 0 saturated heterocycles. The van der Waals surface area contributed by atoms with Crippen molar-refractivity contribution >= 4 is 5.91 Å². The molecule has 3 N–H and O–H groups in total. The zero-order valence-electron chi connectivity index (χ0n) is 39.2. The minimum Gasteiger partial charge on any atom is -0.507 e. The third kappa shape index (κ3) is 10.3. The molecule has 1 amide bonds. The fourth-order valence-corrected chi connectivity index (χ4v) is 8.34. The maximum atomic E-state index is 13.7. The van der Waals surface area contributed by atoms with E-state index in [0.29, 0.717) is 31.4 Å². The number of phenolic OH excluding ortho intramolecular Hbond substituents is 2. The molecule has 6 nitrogen and oxygen atoms in total. The molecule has 0 saturated carbocycles. The van der Waals surface area contributed by atoms with Crippen LogP contribution in [-0.4, -0.2) is 29.8 Å². The molecule has 61 heavy (non-hydrogen) atoms. The average Bonchev–Trinajstić information content (AvgIpc) is 3.15. The summed E-state index contributed by atoms with van der Waals surface area (Å²) in [5.74, 6) is 1.60. The number of hydrogen-bond acceptors (Lipinski definition) is 5. The van der Waals surface area contributed by atoms with Gasteiger partial charge in [-0.15, -0.1) is 0 Å². The van der Waals surface area contributed by atoms with Gasteiger partial charge in [-0.3, -0.25) is 4.79 Å². The smallest absolute Gasteiger partial charge is 0.258 e. The van der Waals surface area contributed by atoms with E-state index in [1.54, 1.807) is 7.11 Å². The van der Waals surface area contributed by atoms with Crippen LogP contribution in [0.5, 0.6) is 23.0 Å². The largest absolute Gasteiger partial charge is 0.507 e. The lowest BCUT2D eigenvalue weighted by atomic mass is 9.79. The second-order valence-electron chi connectivity index (χ2n) is 21.4. The number of carbonyl (C=O) groups excluding carboxylic acids is 1. The van der Waals surface area contributed by atoms with E-state index in [9.17, 15) is 15.0 Å². The minimum atomic E-state index is -0.240. The van der Waals surface area contributed by atoms with Crippen molar-refractivity contribution in [3.63, 3.8) is 0 Å². The molecule has 1 aliphatic carbocycles. The number of ether oxygens (including phenoxy) is 2. The van der Waals surface area contributed by atoms with Gasteiger partial charge in [0.1, 0.15) is 23.0 Å². The van der Waals surface area contributed by atoms with Gasteiger partial charge in [0.25, 0.3) is 5.91 Å². The summed E-state index contributed by atoms with van der Waals surface area (Å²) >= 11 is 0. The minimum absolute atomic E-state index is 0.169.